The summed E-state index contributed by atoms with van der Waals surface area (Å²) < 4.78 is 11.2. The molecule has 0 spiro atoms. The minimum Gasteiger partial charge on any atom is -0.451 e. The highest BCUT2D eigenvalue weighted by Gasteiger charge is 2.28. The van der Waals surface area contributed by atoms with E-state index in [0.29, 0.717) is 31.0 Å². The Morgan fingerprint density at radius 1 is 1.07 bits per heavy atom. The number of hydrogen-bond donors (Lipinski definition) is 0. The van der Waals surface area contributed by atoms with Crippen LogP contribution in [0.15, 0.2) is 52.9 Å². The largest absolute Gasteiger partial charge is 0.451 e. The molecule has 6 heteroatoms. The molecule has 2 aromatic carbocycles. The van der Waals surface area contributed by atoms with Gasteiger partial charge in [-0.3, -0.25) is 4.79 Å². The third-order valence-electron chi connectivity index (χ3n) is 4.94. The number of anilines is 1. The van der Waals surface area contributed by atoms with E-state index in [1.54, 1.807) is 7.11 Å². The number of carbonyl (C=O) groups is 1. The molecule has 0 radical (unpaired) electrons. The summed E-state index contributed by atoms with van der Waals surface area (Å²) in [6, 6.07) is 15.5. The number of benzene rings is 2. The molecule has 1 amide bonds. The van der Waals surface area contributed by atoms with Crippen LogP contribution in [0.3, 0.4) is 0 Å². The van der Waals surface area contributed by atoms with Gasteiger partial charge in [0.2, 0.25) is 0 Å². The van der Waals surface area contributed by atoms with Crippen LogP contribution < -0.4 is 4.90 Å². The van der Waals surface area contributed by atoms with Crippen molar-refractivity contribution >= 4 is 34.2 Å². The lowest BCUT2D eigenvalue weighted by Gasteiger charge is -2.36. The molecule has 5 nitrogen and oxygen atoms in total. The number of carbonyl (C=O) groups excluding carboxylic acids is 1. The normalized spacial score (nSPS) is 14.7. The van der Waals surface area contributed by atoms with E-state index in [1.807, 2.05) is 53.4 Å². The smallest absolute Gasteiger partial charge is 0.290 e. The van der Waals surface area contributed by atoms with Gasteiger partial charge in [0.1, 0.15) is 5.58 Å². The lowest BCUT2D eigenvalue weighted by atomic mass is 10.1. The van der Waals surface area contributed by atoms with E-state index in [4.69, 9.17) is 20.8 Å². The summed E-state index contributed by atoms with van der Waals surface area (Å²) in [7, 11) is 1.62. The lowest BCUT2D eigenvalue weighted by Crippen LogP contribution is -2.49. The van der Waals surface area contributed by atoms with Gasteiger partial charge in [0.15, 0.2) is 5.76 Å². The number of para-hydroxylation sites is 2. The number of nitrogens with zero attached hydrogens (tertiary/aromatic N) is 2. The molecule has 1 fully saturated rings. The van der Waals surface area contributed by atoms with Gasteiger partial charge in [-0.25, -0.2) is 0 Å². The maximum atomic E-state index is 13.1. The van der Waals surface area contributed by atoms with Crippen molar-refractivity contribution in [2.24, 2.45) is 0 Å². The number of ether oxygens (including phenoxy) is 1. The Bertz CT molecular complexity index is 961. The number of hydrogen-bond acceptors (Lipinski definition) is 4. The van der Waals surface area contributed by atoms with Gasteiger partial charge < -0.3 is 19.0 Å². The molecule has 0 N–H and O–H groups in total. The zero-order chi connectivity index (χ0) is 18.8. The van der Waals surface area contributed by atoms with E-state index in [-0.39, 0.29) is 5.91 Å². The molecule has 1 saturated heterocycles. The number of piperazine rings is 1. The number of rotatable bonds is 4. The van der Waals surface area contributed by atoms with Crippen LogP contribution in [-0.2, 0) is 11.3 Å². The van der Waals surface area contributed by atoms with Crippen molar-refractivity contribution in [2.45, 2.75) is 6.61 Å². The van der Waals surface area contributed by atoms with E-state index in [9.17, 15) is 4.79 Å². The minimum atomic E-state index is -0.0861. The van der Waals surface area contributed by atoms with E-state index >= 15 is 0 Å². The molecule has 3 aromatic rings. The van der Waals surface area contributed by atoms with Gasteiger partial charge >= 0.3 is 0 Å². The van der Waals surface area contributed by atoms with Gasteiger partial charge in [-0.05, 0) is 18.2 Å². The van der Waals surface area contributed by atoms with Crippen molar-refractivity contribution in [3.8, 4) is 0 Å². The van der Waals surface area contributed by atoms with Crippen molar-refractivity contribution in [1.82, 2.24) is 4.90 Å². The van der Waals surface area contributed by atoms with Gasteiger partial charge in [0, 0.05) is 44.2 Å². The lowest BCUT2D eigenvalue weighted by molar-refractivity contribution is 0.0710. The molecule has 4 rings (SSSR count). The van der Waals surface area contributed by atoms with Gasteiger partial charge in [-0.2, -0.15) is 0 Å². The Morgan fingerprint density at radius 3 is 2.52 bits per heavy atom. The summed E-state index contributed by atoms with van der Waals surface area (Å²) >= 11 is 6.30. The minimum absolute atomic E-state index is 0.0861. The van der Waals surface area contributed by atoms with Gasteiger partial charge in [-0.15, -0.1) is 0 Å². The van der Waals surface area contributed by atoms with Crippen molar-refractivity contribution in [3.63, 3.8) is 0 Å². The van der Waals surface area contributed by atoms with E-state index < -0.39 is 0 Å². The van der Waals surface area contributed by atoms with Gasteiger partial charge in [-0.1, -0.05) is 41.9 Å². The van der Waals surface area contributed by atoms with Crippen LogP contribution in [0.2, 0.25) is 5.02 Å². The molecular weight excluding hydrogens is 364 g/mol. The molecule has 0 saturated carbocycles. The monoisotopic (exact) mass is 384 g/mol. The standard InChI is InChI=1S/C21H21ClN2O3/c1-26-14-16-15-6-2-5-9-19(15)27-20(16)21(25)24-12-10-23(11-13-24)18-8-4-3-7-17(18)22/h2-9H,10-14H2,1H3. The third kappa shape index (κ3) is 3.40. The van der Waals surface area contributed by atoms with Crippen molar-refractivity contribution < 1.29 is 13.9 Å². The molecule has 0 aliphatic carbocycles. The molecule has 0 bridgehead atoms. The van der Waals surface area contributed by atoms with E-state index in [0.717, 1.165) is 34.7 Å². The number of halogens is 1. The Kier molecular flexibility index (Phi) is 5.05. The zero-order valence-electron chi connectivity index (χ0n) is 15.2. The Labute approximate surface area is 163 Å². The highest BCUT2D eigenvalue weighted by atomic mass is 35.5. The van der Waals surface area contributed by atoms with Crippen molar-refractivity contribution in [1.29, 1.82) is 0 Å². The van der Waals surface area contributed by atoms with Crippen LogP contribution in [0.1, 0.15) is 16.1 Å². The average molecular weight is 385 g/mol. The Hall–Kier alpha value is -2.50. The topological polar surface area (TPSA) is 45.9 Å². The average Bonchev–Trinajstić information content (AvgIpc) is 3.07. The molecular formula is C21H21ClN2O3. The van der Waals surface area contributed by atoms with Gasteiger partial charge in [0.05, 0.1) is 17.3 Å². The first-order valence-corrected chi connectivity index (χ1v) is 9.35. The summed E-state index contributed by atoms with van der Waals surface area (Å²) in [5.41, 5.74) is 2.53. The van der Waals surface area contributed by atoms with E-state index in [2.05, 4.69) is 4.90 Å². The summed E-state index contributed by atoms with van der Waals surface area (Å²) in [4.78, 5) is 17.2. The molecule has 0 atom stereocenters. The van der Waals surface area contributed by atoms with E-state index in [1.165, 1.54) is 0 Å². The first kappa shape index (κ1) is 17.9. The number of furan rings is 1. The summed E-state index contributed by atoms with van der Waals surface area (Å²) in [6.07, 6.45) is 0. The zero-order valence-corrected chi connectivity index (χ0v) is 15.9. The molecule has 1 aliphatic rings. The molecule has 27 heavy (non-hydrogen) atoms. The second-order valence-corrected chi connectivity index (χ2v) is 6.98. The van der Waals surface area contributed by atoms with Crippen LogP contribution in [-0.4, -0.2) is 44.1 Å². The quantitative estimate of drug-likeness (QED) is 0.676. The van der Waals surface area contributed by atoms with Gasteiger partial charge in [0.25, 0.3) is 5.91 Å². The summed E-state index contributed by atoms with van der Waals surface area (Å²) in [5, 5.41) is 1.66. The number of methoxy groups -OCH3 is 1. The van der Waals surface area contributed by atoms with Crippen LogP contribution in [0, 0.1) is 0 Å². The molecule has 0 unspecified atom stereocenters. The predicted octanol–water partition coefficient (Wildman–Crippen LogP) is 4.20. The second kappa shape index (κ2) is 7.62. The van der Waals surface area contributed by atoms with Crippen molar-refractivity contribution in [3.05, 3.63) is 64.9 Å². The Morgan fingerprint density at radius 2 is 1.78 bits per heavy atom. The molecule has 1 aliphatic heterocycles. The first-order chi connectivity index (χ1) is 13.2. The fourth-order valence-corrected chi connectivity index (χ4v) is 3.82. The molecule has 1 aromatic heterocycles. The highest BCUT2D eigenvalue weighted by molar-refractivity contribution is 6.33. The van der Waals surface area contributed by atoms with Crippen LogP contribution in [0.4, 0.5) is 5.69 Å². The summed E-state index contributed by atoms with van der Waals surface area (Å²) in [5.74, 6) is 0.293. The maximum Gasteiger partial charge on any atom is 0.290 e. The first-order valence-electron chi connectivity index (χ1n) is 8.97. The molecule has 140 valence electrons. The third-order valence-corrected chi connectivity index (χ3v) is 5.26. The van der Waals surface area contributed by atoms with Crippen LogP contribution in [0.5, 0.6) is 0 Å². The fourth-order valence-electron chi connectivity index (χ4n) is 3.56. The van der Waals surface area contributed by atoms with Crippen molar-refractivity contribution in [2.75, 3.05) is 38.2 Å². The fraction of sp³-hybridized carbons (Fsp3) is 0.286. The maximum absolute atomic E-state index is 13.1. The highest BCUT2D eigenvalue weighted by Crippen LogP contribution is 2.29. The molecule has 2 heterocycles. The van der Waals surface area contributed by atoms with Crippen LogP contribution in [0.25, 0.3) is 11.0 Å². The number of fused-ring (bicyclic) bond motifs is 1. The second-order valence-electron chi connectivity index (χ2n) is 6.57. The number of amides is 1. The van der Waals surface area contributed by atoms with Crippen LogP contribution >= 0.6 is 11.6 Å². The summed E-state index contributed by atoms with van der Waals surface area (Å²) in [6.45, 7) is 3.04. The Balaban J connectivity index is 1.54. The predicted molar refractivity (Wildman–Crippen MR) is 106 cm³/mol. The SMILES string of the molecule is COCc1c(C(=O)N2CCN(c3ccccc3Cl)CC2)oc2ccccc12.